The minimum atomic E-state index is -0.650. The number of anilines is 2. The number of hydrogen-bond acceptors (Lipinski definition) is 7. The lowest BCUT2D eigenvalue weighted by atomic mass is 10.2. The van der Waals surface area contributed by atoms with Crippen molar-refractivity contribution in [3.05, 3.63) is 98.3 Å². The van der Waals surface area contributed by atoms with Gasteiger partial charge in [-0.1, -0.05) is 30.3 Å². The van der Waals surface area contributed by atoms with E-state index in [4.69, 9.17) is 0 Å². The Labute approximate surface area is 192 Å². The number of nitro benzene ring substituents is 2. The van der Waals surface area contributed by atoms with Gasteiger partial charge in [0.1, 0.15) is 11.4 Å². The van der Waals surface area contributed by atoms with Crippen LogP contribution in [0.4, 0.5) is 32.3 Å². The van der Waals surface area contributed by atoms with Crippen molar-refractivity contribution in [2.24, 2.45) is 0 Å². The molecule has 0 radical (unpaired) electrons. The van der Waals surface area contributed by atoms with E-state index in [0.717, 1.165) is 0 Å². The summed E-state index contributed by atoms with van der Waals surface area (Å²) in [6.07, 6.45) is 0. The highest BCUT2D eigenvalue weighted by molar-refractivity contribution is 5.92. The number of para-hydroxylation sites is 4. The second-order valence-corrected chi connectivity index (χ2v) is 6.78. The second-order valence-electron chi connectivity index (χ2n) is 6.78. The minimum Gasteiger partial charge on any atom is -0.332 e. The molecule has 0 aliphatic carbocycles. The molecule has 2 aromatic carbocycles. The summed E-state index contributed by atoms with van der Waals surface area (Å²) in [5.41, 5.74) is 0.610. The number of rotatable bonds is 8. The van der Waals surface area contributed by atoms with Gasteiger partial charge in [0.05, 0.1) is 34.3 Å². The van der Waals surface area contributed by atoms with E-state index >= 15 is 0 Å². The van der Waals surface area contributed by atoms with Crippen molar-refractivity contribution < 1.29 is 19.4 Å². The third-order valence-corrected chi connectivity index (χ3v) is 4.42. The van der Waals surface area contributed by atoms with Crippen molar-refractivity contribution >= 4 is 34.8 Å². The number of nitrogens with zero attached hydrogens (tertiary/aromatic N) is 3. The maximum atomic E-state index is 12.1. The number of nitrogens with one attached hydrogen (secondary N) is 4. The fourth-order valence-electron chi connectivity index (χ4n) is 2.88. The highest BCUT2D eigenvalue weighted by Crippen LogP contribution is 2.23. The lowest BCUT2D eigenvalue weighted by Gasteiger charge is -2.10. The molecule has 13 nitrogen and oxygen atoms in total. The van der Waals surface area contributed by atoms with Crippen LogP contribution < -0.4 is 21.3 Å². The average molecular weight is 465 g/mol. The summed E-state index contributed by atoms with van der Waals surface area (Å²) < 4.78 is 0. The number of urea groups is 2. The van der Waals surface area contributed by atoms with Gasteiger partial charge in [0.15, 0.2) is 0 Å². The molecule has 0 atom stereocenters. The van der Waals surface area contributed by atoms with Gasteiger partial charge in [-0.05, 0) is 24.3 Å². The van der Waals surface area contributed by atoms with Gasteiger partial charge in [-0.25, -0.2) is 9.59 Å². The molecule has 3 rings (SSSR count). The molecule has 1 aromatic heterocycles. The molecule has 0 saturated heterocycles. The van der Waals surface area contributed by atoms with Crippen molar-refractivity contribution in [3.8, 4) is 0 Å². The molecule has 0 aliphatic rings. The molecule has 0 spiro atoms. The lowest BCUT2D eigenvalue weighted by molar-refractivity contribution is -0.384. The van der Waals surface area contributed by atoms with Crippen LogP contribution in [0.25, 0.3) is 0 Å². The highest BCUT2D eigenvalue weighted by atomic mass is 16.6. The van der Waals surface area contributed by atoms with Crippen molar-refractivity contribution in [2.75, 3.05) is 10.6 Å². The van der Waals surface area contributed by atoms with Crippen LogP contribution in [-0.4, -0.2) is 26.9 Å². The molecular formula is C21H19N7O6. The Hall–Kier alpha value is -5.07. The van der Waals surface area contributed by atoms with Gasteiger partial charge in [-0.2, -0.15) is 0 Å². The second kappa shape index (κ2) is 11.0. The van der Waals surface area contributed by atoms with Crippen LogP contribution in [-0.2, 0) is 13.1 Å². The number of nitro groups is 2. The first-order valence-corrected chi connectivity index (χ1v) is 9.85. The van der Waals surface area contributed by atoms with Gasteiger partial charge in [-0.3, -0.25) is 25.2 Å². The SMILES string of the molecule is O=C(NCc1cccc(CNC(=O)Nc2ccccc2[N+](=O)[O-])n1)Nc1ccccc1[N+](=O)[O-]. The smallest absolute Gasteiger partial charge is 0.319 e. The fraction of sp³-hybridized carbons (Fsp3) is 0.0952. The molecule has 4 amide bonds. The van der Waals surface area contributed by atoms with Gasteiger partial charge in [0, 0.05) is 12.1 Å². The van der Waals surface area contributed by atoms with Crippen LogP contribution in [0.15, 0.2) is 66.7 Å². The zero-order chi connectivity index (χ0) is 24.5. The van der Waals surface area contributed by atoms with Crippen LogP contribution in [0.2, 0.25) is 0 Å². The van der Waals surface area contributed by atoms with E-state index in [2.05, 4.69) is 26.3 Å². The van der Waals surface area contributed by atoms with Crippen molar-refractivity contribution in [1.82, 2.24) is 15.6 Å². The number of carbonyl (C=O) groups excluding carboxylic acids is 2. The lowest BCUT2D eigenvalue weighted by Crippen LogP contribution is -2.30. The summed E-state index contributed by atoms with van der Waals surface area (Å²) in [6, 6.07) is 15.2. The minimum absolute atomic E-state index is 0.0305. The van der Waals surface area contributed by atoms with E-state index in [0.29, 0.717) is 11.4 Å². The fourth-order valence-corrected chi connectivity index (χ4v) is 2.88. The Morgan fingerprint density at radius 1 is 0.676 bits per heavy atom. The van der Waals surface area contributed by atoms with E-state index in [1.54, 1.807) is 30.3 Å². The zero-order valence-electron chi connectivity index (χ0n) is 17.6. The van der Waals surface area contributed by atoms with E-state index < -0.39 is 21.9 Å². The molecule has 0 fully saturated rings. The van der Waals surface area contributed by atoms with Crippen LogP contribution in [0, 0.1) is 20.2 Å². The summed E-state index contributed by atoms with van der Waals surface area (Å²) >= 11 is 0. The van der Waals surface area contributed by atoms with Crippen molar-refractivity contribution in [3.63, 3.8) is 0 Å². The van der Waals surface area contributed by atoms with E-state index in [9.17, 15) is 29.8 Å². The molecule has 0 bridgehead atoms. The Morgan fingerprint density at radius 3 is 1.50 bits per heavy atom. The van der Waals surface area contributed by atoms with Crippen LogP contribution >= 0.6 is 0 Å². The molecule has 174 valence electrons. The largest absolute Gasteiger partial charge is 0.332 e. The Morgan fingerprint density at radius 2 is 1.09 bits per heavy atom. The standard InChI is InChI=1S/C21H19N7O6/c29-20(25-16-8-1-3-10-18(16)27(31)32)22-12-14-6-5-7-15(24-14)13-23-21(30)26-17-9-2-4-11-19(17)28(33)34/h1-11H,12-13H2,(H2,22,25,29)(H2,23,26,30). The molecule has 0 unspecified atom stereocenters. The van der Waals surface area contributed by atoms with Crippen LogP contribution in [0.5, 0.6) is 0 Å². The summed E-state index contributed by atoms with van der Waals surface area (Å²) in [6.45, 7) is 0.0609. The molecule has 0 aliphatic heterocycles. The summed E-state index contributed by atoms with van der Waals surface area (Å²) in [5.74, 6) is 0. The van der Waals surface area contributed by atoms with Gasteiger partial charge in [0.2, 0.25) is 0 Å². The van der Waals surface area contributed by atoms with Crippen molar-refractivity contribution in [2.45, 2.75) is 13.1 Å². The third kappa shape index (κ3) is 6.46. The predicted octanol–water partition coefficient (Wildman–Crippen LogP) is 3.54. The normalized spacial score (nSPS) is 10.1. The summed E-state index contributed by atoms with van der Waals surface area (Å²) in [7, 11) is 0. The first kappa shape index (κ1) is 23.6. The van der Waals surface area contributed by atoms with Crippen LogP contribution in [0.1, 0.15) is 11.4 Å². The zero-order valence-corrected chi connectivity index (χ0v) is 17.6. The molecule has 34 heavy (non-hydrogen) atoms. The van der Waals surface area contributed by atoms with Crippen LogP contribution in [0.3, 0.4) is 0 Å². The highest BCUT2D eigenvalue weighted by Gasteiger charge is 2.16. The third-order valence-electron chi connectivity index (χ3n) is 4.42. The predicted molar refractivity (Wildman–Crippen MR) is 122 cm³/mol. The molecular weight excluding hydrogens is 446 g/mol. The molecule has 3 aromatic rings. The number of carbonyl (C=O) groups is 2. The molecule has 4 N–H and O–H groups in total. The Bertz CT molecular complexity index is 1140. The molecule has 0 saturated carbocycles. The molecule has 13 heteroatoms. The first-order chi connectivity index (χ1) is 16.3. The van der Waals surface area contributed by atoms with Gasteiger partial charge >= 0.3 is 12.1 Å². The number of pyridine rings is 1. The van der Waals surface area contributed by atoms with Gasteiger partial charge in [0.25, 0.3) is 11.4 Å². The number of benzene rings is 2. The Balaban J connectivity index is 1.52. The Kier molecular flexibility index (Phi) is 7.63. The summed E-state index contributed by atoms with van der Waals surface area (Å²) in [5, 5.41) is 32.0. The maximum Gasteiger partial charge on any atom is 0.319 e. The average Bonchev–Trinajstić information content (AvgIpc) is 2.82. The number of amides is 4. The molecule has 1 heterocycles. The van der Waals surface area contributed by atoms with Gasteiger partial charge < -0.3 is 21.3 Å². The van der Waals surface area contributed by atoms with E-state index in [-0.39, 0.29) is 35.8 Å². The monoisotopic (exact) mass is 465 g/mol. The van der Waals surface area contributed by atoms with E-state index in [1.165, 1.54) is 36.4 Å². The first-order valence-electron chi connectivity index (χ1n) is 9.85. The van der Waals surface area contributed by atoms with Gasteiger partial charge in [-0.15, -0.1) is 0 Å². The number of aromatic nitrogens is 1. The van der Waals surface area contributed by atoms with Crippen molar-refractivity contribution in [1.29, 1.82) is 0 Å². The quantitative estimate of drug-likeness (QED) is 0.290. The number of hydrogen-bond donors (Lipinski definition) is 4. The maximum absolute atomic E-state index is 12.1. The topological polar surface area (TPSA) is 181 Å². The van der Waals surface area contributed by atoms with E-state index in [1.807, 2.05) is 0 Å². The summed E-state index contributed by atoms with van der Waals surface area (Å²) in [4.78, 5) is 49.4.